The SMILES string of the molecule is Cl.N[C@@H](C[C@@H](O)c1ccccc1F)C(F)(F)F. The van der Waals surface area contributed by atoms with E-state index in [0.717, 1.165) is 6.07 Å². The third-order valence-electron chi connectivity index (χ3n) is 2.16. The molecule has 0 bridgehead atoms. The highest BCUT2D eigenvalue weighted by molar-refractivity contribution is 5.85. The summed E-state index contributed by atoms with van der Waals surface area (Å²) < 4.78 is 49.4. The summed E-state index contributed by atoms with van der Waals surface area (Å²) in [5, 5.41) is 9.42. The van der Waals surface area contributed by atoms with Gasteiger partial charge in [-0.15, -0.1) is 12.4 Å². The van der Waals surface area contributed by atoms with Gasteiger partial charge in [-0.2, -0.15) is 13.2 Å². The fourth-order valence-corrected chi connectivity index (χ4v) is 1.25. The molecular formula is C10H12ClF4NO. The van der Waals surface area contributed by atoms with Gasteiger partial charge in [-0.05, 0) is 6.07 Å². The maximum Gasteiger partial charge on any atom is 0.403 e. The van der Waals surface area contributed by atoms with Gasteiger partial charge in [0.1, 0.15) is 11.9 Å². The largest absolute Gasteiger partial charge is 0.403 e. The van der Waals surface area contributed by atoms with Crippen molar-refractivity contribution in [1.82, 2.24) is 0 Å². The Bertz CT molecular complexity index is 358. The van der Waals surface area contributed by atoms with Crippen LogP contribution in [0.3, 0.4) is 0 Å². The minimum Gasteiger partial charge on any atom is -0.388 e. The van der Waals surface area contributed by atoms with E-state index >= 15 is 0 Å². The first kappa shape index (κ1) is 16.1. The number of benzene rings is 1. The van der Waals surface area contributed by atoms with E-state index in [9.17, 15) is 22.7 Å². The Morgan fingerprint density at radius 3 is 2.24 bits per heavy atom. The zero-order valence-electron chi connectivity index (χ0n) is 8.62. The van der Waals surface area contributed by atoms with Gasteiger partial charge in [-0.25, -0.2) is 4.39 Å². The third kappa shape index (κ3) is 4.49. The molecule has 0 aliphatic carbocycles. The van der Waals surface area contributed by atoms with E-state index in [4.69, 9.17) is 5.73 Å². The van der Waals surface area contributed by atoms with Crippen LogP contribution < -0.4 is 5.73 Å². The second-order valence-electron chi connectivity index (χ2n) is 3.42. The minimum absolute atomic E-state index is 0. The normalized spacial score (nSPS) is 14.9. The molecule has 17 heavy (non-hydrogen) atoms. The lowest BCUT2D eigenvalue weighted by molar-refractivity contribution is -0.154. The highest BCUT2D eigenvalue weighted by Crippen LogP contribution is 2.27. The quantitative estimate of drug-likeness (QED) is 0.832. The summed E-state index contributed by atoms with van der Waals surface area (Å²) in [7, 11) is 0. The molecule has 0 saturated heterocycles. The van der Waals surface area contributed by atoms with Crippen molar-refractivity contribution in [1.29, 1.82) is 0 Å². The Morgan fingerprint density at radius 1 is 1.24 bits per heavy atom. The van der Waals surface area contributed by atoms with Crippen LogP contribution in [0.5, 0.6) is 0 Å². The fraction of sp³-hybridized carbons (Fsp3) is 0.400. The number of hydrogen-bond acceptors (Lipinski definition) is 2. The van der Waals surface area contributed by atoms with E-state index in [-0.39, 0.29) is 18.0 Å². The van der Waals surface area contributed by atoms with E-state index in [1.165, 1.54) is 18.2 Å². The Hall–Kier alpha value is -0.850. The molecular weight excluding hydrogens is 262 g/mol. The summed E-state index contributed by atoms with van der Waals surface area (Å²) in [6.45, 7) is 0. The van der Waals surface area contributed by atoms with Gasteiger partial charge in [-0.3, -0.25) is 0 Å². The van der Waals surface area contributed by atoms with Crippen LogP contribution in [0.4, 0.5) is 17.6 Å². The number of halogens is 5. The van der Waals surface area contributed by atoms with Gasteiger partial charge in [0.25, 0.3) is 0 Å². The number of rotatable bonds is 3. The smallest absolute Gasteiger partial charge is 0.388 e. The first-order valence-electron chi connectivity index (χ1n) is 4.57. The topological polar surface area (TPSA) is 46.2 Å². The number of alkyl halides is 3. The molecule has 3 N–H and O–H groups in total. The van der Waals surface area contributed by atoms with Gasteiger partial charge in [-0.1, -0.05) is 18.2 Å². The Kier molecular flexibility index (Phi) is 5.87. The average Bonchev–Trinajstić information content (AvgIpc) is 2.16. The van der Waals surface area contributed by atoms with Crippen LogP contribution >= 0.6 is 12.4 Å². The van der Waals surface area contributed by atoms with E-state index in [1.807, 2.05) is 0 Å². The van der Waals surface area contributed by atoms with Gasteiger partial charge in [0.2, 0.25) is 0 Å². The zero-order chi connectivity index (χ0) is 12.3. The molecule has 0 amide bonds. The van der Waals surface area contributed by atoms with Crippen molar-refractivity contribution in [2.45, 2.75) is 24.7 Å². The van der Waals surface area contributed by atoms with Crippen LogP contribution in [-0.4, -0.2) is 17.3 Å². The lowest BCUT2D eigenvalue weighted by Gasteiger charge is -2.19. The highest BCUT2D eigenvalue weighted by Gasteiger charge is 2.38. The molecule has 0 radical (unpaired) electrons. The van der Waals surface area contributed by atoms with Gasteiger partial charge < -0.3 is 10.8 Å². The molecule has 2 nitrogen and oxygen atoms in total. The van der Waals surface area contributed by atoms with Gasteiger partial charge in [0.15, 0.2) is 0 Å². The molecule has 0 heterocycles. The van der Waals surface area contributed by atoms with E-state index < -0.39 is 30.6 Å². The Labute approximate surface area is 102 Å². The first-order chi connectivity index (χ1) is 7.32. The molecule has 0 spiro atoms. The Morgan fingerprint density at radius 2 is 1.76 bits per heavy atom. The molecule has 0 unspecified atom stereocenters. The van der Waals surface area contributed by atoms with Gasteiger partial charge >= 0.3 is 6.18 Å². The molecule has 98 valence electrons. The third-order valence-corrected chi connectivity index (χ3v) is 2.16. The average molecular weight is 274 g/mol. The Balaban J connectivity index is 0.00000256. The van der Waals surface area contributed by atoms with Crippen LogP contribution in [0, 0.1) is 5.82 Å². The van der Waals surface area contributed by atoms with E-state index in [2.05, 4.69) is 0 Å². The molecule has 0 fully saturated rings. The monoisotopic (exact) mass is 273 g/mol. The summed E-state index contributed by atoms with van der Waals surface area (Å²) in [6, 6.07) is 2.94. The van der Waals surface area contributed by atoms with Crippen LogP contribution in [0.1, 0.15) is 18.1 Å². The van der Waals surface area contributed by atoms with Crippen molar-refractivity contribution in [2.24, 2.45) is 5.73 Å². The van der Waals surface area contributed by atoms with Crippen molar-refractivity contribution >= 4 is 12.4 Å². The maximum atomic E-state index is 13.1. The molecule has 0 saturated carbocycles. The number of hydrogen-bond donors (Lipinski definition) is 2. The molecule has 7 heteroatoms. The molecule has 1 aromatic carbocycles. The van der Waals surface area contributed by atoms with E-state index in [0.29, 0.717) is 0 Å². The minimum atomic E-state index is -4.59. The predicted octanol–water partition coefficient (Wildman–Crippen LogP) is 2.56. The summed E-state index contributed by atoms with van der Waals surface area (Å²) in [5.41, 5.74) is 4.65. The molecule has 0 aliphatic rings. The van der Waals surface area contributed by atoms with Crippen LogP contribution in [0.25, 0.3) is 0 Å². The summed E-state index contributed by atoms with van der Waals surface area (Å²) in [6.07, 6.45) is -6.91. The summed E-state index contributed by atoms with van der Waals surface area (Å²) in [5.74, 6) is -0.746. The van der Waals surface area contributed by atoms with Crippen LogP contribution in [-0.2, 0) is 0 Å². The molecule has 1 aromatic rings. The lowest BCUT2D eigenvalue weighted by Crippen LogP contribution is -2.38. The summed E-state index contributed by atoms with van der Waals surface area (Å²) >= 11 is 0. The summed E-state index contributed by atoms with van der Waals surface area (Å²) in [4.78, 5) is 0. The molecule has 2 atom stereocenters. The highest BCUT2D eigenvalue weighted by atomic mass is 35.5. The second kappa shape index (κ2) is 6.18. The van der Waals surface area contributed by atoms with Gasteiger partial charge in [0, 0.05) is 12.0 Å². The number of nitrogens with two attached hydrogens (primary N) is 1. The molecule has 1 rings (SSSR count). The standard InChI is InChI=1S/C10H11F4NO.ClH/c11-7-4-2-1-3-6(7)8(16)5-9(15)10(12,13)14;/h1-4,8-9,16H,5,15H2;1H/t8-,9+;/m1./s1. The fourth-order valence-electron chi connectivity index (χ4n) is 1.25. The predicted molar refractivity (Wildman–Crippen MR) is 57.3 cm³/mol. The van der Waals surface area contributed by atoms with E-state index in [1.54, 1.807) is 0 Å². The van der Waals surface area contributed by atoms with Crippen molar-refractivity contribution in [3.05, 3.63) is 35.6 Å². The number of aliphatic hydroxyl groups is 1. The number of aliphatic hydroxyl groups excluding tert-OH is 1. The molecule has 0 aromatic heterocycles. The zero-order valence-corrected chi connectivity index (χ0v) is 9.43. The van der Waals surface area contributed by atoms with Gasteiger partial charge in [0.05, 0.1) is 6.10 Å². The molecule has 0 aliphatic heterocycles. The van der Waals surface area contributed by atoms with Crippen LogP contribution in [0.15, 0.2) is 24.3 Å². The van der Waals surface area contributed by atoms with Crippen LogP contribution in [0.2, 0.25) is 0 Å². The first-order valence-corrected chi connectivity index (χ1v) is 4.57. The van der Waals surface area contributed by atoms with Crippen molar-refractivity contribution in [2.75, 3.05) is 0 Å². The second-order valence-corrected chi connectivity index (χ2v) is 3.42. The van der Waals surface area contributed by atoms with Crippen molar-refractivity contribution in [3.8, 4) is 0 Å². The van der Waals surface area contributed by atoms with Crippen molar-refractivity contribution < 1.29 is 22.7 Å². The maximum absolute atomic E-state index is 13.1. The lowest BCUT2D eigenvalue weighted by atomic mass is 10.0. The van der Waals surface area contributed by atoms with Crippen molar-refractivity contribution in [3.63, 3.8) is 0 Å².